The fourth-order valence-corrected chi connectivity index (χ4v) is 5.54. The topological polar surface area (TPSA) is 83.6 Å². The van der Waals surface area contributed by atoms with Gasteiger partial charge in [-0.25, -0.2) is 4.98 Å². The number of esters is 1. The number of carbonyl (C=O) groups is 2. The Hall–Kier alpha value is -3.51. The molecule has 12 heteroatoms. The number of halogens is 3. The minimum absolute atomic E-state index is 0.183. The zero-order valence-corrected chi connectivity index (χ0v) is 22.7. The molecule has 0 radical (unpaired) electrons. The number of thiazole rings is 1. The highest BCUT2D eigenvalue weighted by atomic mass is 32.1. The van der Waals surface area contributed by atoms with Gasteiger partial charge in [-0.3, -0.25) is 9.59 Å². The lowest BCUT2D eigenvalue weighted by Gasteiger charge is -2.33. The molecule has 0 atom stereocenters. The zero-order valence-electron chi connectivity index (χ0n) is 21.1. The van der Waals surface area contributed by atoms with Crippen LogP contribution in [-0.2, 0) is 15.7 Å². The van der Waals surface area contributed by atoms with Crippen LogP contribution >= 0.6 is 23.6 Å². The third-order valence-corrected chi connectivity index (χ3v) is 7.80. The number of amides is 1. The predicted molar refractivity (Wildman–Crippen MR) is 148 cm³/mol. The minimum Gasteiger partial charge on any atom is -0.469 e. The average Bonchev–Trinajstić information content (AvgIpc) is 3.43. The van der Waals surface area contributed by atoms with Gasteiger partial charge < -0.3 is 20.3 Å². The first-order valence-corrected chi connectivity index (χ1v) is 13.6. The number of methoxy groups -OCH3 is 1. The van der Waals surface area contributed by atoms with Crippen molar-refractivity contribution in [2.75, 3.05) is 32.1 Å². The first kappa shape index (κ1) is 28.5. The summed E-state index contributed by atoms with van der Waals surface area (Å²) in [6, 6.07) is 11.7. The second-order valence-electron chi connectivity index (χ2n) is 8.97. The predicted octanol–water partition coefficient (Wildman–Crippen LogP) is 5.70. The molecule has 2 heterocycles. The number of hydrogen-bond donors (Lipinski definition) is 2. The summed E-state index contributed by atoms with van der Waals surface area (Å²) >= 11 is 6.84. The van der Waals surface area contributed by atoms with Crippen LogP contribution < -0.4 is 10.6 Å². The number of benzene rings is 2. The normalized spacial score (nSPS) is 14.1. The van der Waals surface area contributed by atoms with E-state index in [1.54, 1.807) is 35.7 Å². The molecule has 1 fully saturated rings. The highest BCUT2D eigenvalue weighted by Crippen LogP contribution is 2.35. The number of anilines is 1. The molecule has 1 aliphatic heterocycles. The first-order valence-electron chi connectivity index (χ1n) is 12.3. The molecule has 3 aromatic rings. The Morgan fingerprint density at radius 2 is 1.90 bits per heavy atom. The standard InChI is InChI=1S/C27H27F3N4O3S2/c1-37-23(35)9-12-31-26(38)34-13-10-17(11-14-34)25-33-22(16-39-25)24(36)32-21-8-3-2-7-20(21)18-5-4-6-19(15-18)27(28,29)30/h2-8,15-17H,9-14H2,1H3,(H,31,38)(H,32,36). The fourth-order valence-electron chi connectivity index (χ4n) is 4.29. The molecule has 1 aliphatic rings. The van der Waals surface area contributed by atoms with Crippen molar-refractivity contribution in [3.63, 3.8) is 0 Å². The largest absolute Gasteiger partial charge is 0.469 e. The highest BCUT2D eigenvalue weighted by molar-refractivity contribution is 7.80. The Kier molecular flexibility index (Phi) is 9.18. The molecule has 39 heavy (non-hydrogen) atoms. The summed E-state index contributed by atoms with van der Waals surface area (Å²) in [6.45, 7) is 1.85. The number of carbonyl (C=O) groups excluding carboxylic acids is 2. The van der Waals surface area contributed by atoms with Crippen LogP contribution in [0.25, 0.3) is 11.1 Å². The van der Waals surface area contributed by atoms with Gasteiger partial charge in [-0.1, -0.05) is 30.3 Å². The highest BCUT2D eigenvalue weighted by Gasteiger charge is 2.31. The maximum atomic E-state index is 13.2. The van der Waals surface area contributed by atoms with Gasteiger partial charge in [-0.15, -0.1) is 11.3 Å². The van der Waals surface area contributed by atoms with Gasteiger partial charge in [0.15, 0.2) is 5.11 Å². The molecule has 0 bridgehead atoms. The smallest absolute Gasteiger partial charge is 0.416 e. The maximum Gasteiger partial charge on any atom is 0.416 e. The van der Waals surface area contributed by atoms with E-state index in [2.05, 4.69) is 25.3 Å². The number of rotatable bonds is 7. The molecule has 0 spiro atoms. The van der Waals surface area contributed by atoms with Crippen LogP contribution in [0, 0.1) is 0 Å². The van der Waals surface area contributed by atoms with Crippen molar-refractivity contribution in [3.05, 3.63) is 70.2 Å². The lowest BCUT2D eigenvalue weighted by molar-refractivity contribution is -0.140. The zero-order chi connectivity index (χ0) is 28.0. The Bertz CT molecular complexity index is 1340. The molecule has 2 aromatic carbocycles. The Balaban J connectivity index is 1.37. The number of alkyl halides is 3. The van der Waals surface area contributed by atoms with Crippen molar-refractivity contribution in [1.82, 2.24) is 15.2 Å². The van der Waals surface area contributed by atoms with Crippen molar-refractivity contribution in [3.8, 4) is 11.1 Å². The number of thiocarbonyl (C=S) groups is 1. The van der Waals surface area contributed by atoms with E-state index < -0.39 is 17.6 Å². The number of para-hydroxylation sites is 1. The lowest BCUT2D eigenvalue weighted by Crippen LogP contribution is -2.44. The van der Waals surface area contributed by atoms with Crippen molar-refractivity contribution in [2.45, 2.75) is 31.4 Å². The summed E-state index contributed by atoms with van der Waals surface area (Å²) in [5.41, 5.74) is 0.739. The summed E-state index contributed by atoms with van der Waals surface area (Å²) in [4.78, 5) is 30.9. The molecule has 2 N–H and O–H groups in total. The van der Waals surface area contributed by atoms with Crippen LogP contribution in [0.1, 0.15) is 46.2 Å². The average molecular weight is 577 g/mol. The molecule has 0 saturated carbocycles. The van der Waals surface area contributed by atoms with Gasteiger partial charge in [0, 0.05) is 42.2 Å². The van der Waals surface area contributed by atoms with E-state index in [0.717, 1.165) is 43.1 Å². The van der Waals surface area contributed by atoms with E-state index in [1.807, 2.05) is 0 Å². The number of nitrogens with zero attached hydrogens (tertiary/aromatic N) is 2. The summed E-state index contributed by atoms with van der Waals surface area (Å²) in [5, 5.41) is 9.03. The minimum atomic E-state index is -4.47. The molecule has 4 rings (SSSR count). The summed E-state index contributed by atoms with van der Waals surface area (Å²) in [5.74, 6) is -0.542. The van der Waals surface area contributed by atoms with E-state index in [9.17, 15) is 22.8 Å². The number of aromatic nitrogens is 1. The third-order valence-electron chi connectivity index (χ3n) is 6.40. The molecule has 206 valence electrons. The second kappa shape index (κ2) is 12.6. The number of likely N-dealkylation sites (tertiary alicyclic amines) is 1. The SMILES string of the molecule is COC(=O)CCNC(=S)N1CCC(c2nc(C(=O)Nc3ccccc3-c3cccc(C(F)(F)F)c3)cs2)CC1. The lowest BCUT2D eigenvalue weighted by atomic mass is 9.98. The van der Waals surface area contributed by atoms with E-state index in [-0.39, 0.29) is 24.0 Å². The van der Waals surface area contributed by atoms with Crippen LogP contribution in [0.4, 0.5) is 18.9 Å². The van der Waals surface area contributed by atoms with Crippen LogP contribution in [0.2, 0.25) is 0 Å². The maximum absolute atomic E-state index is 13.2. The Morgan fingerprint density at radius 3 is 2.62 bits per heavy atom. The van der Waals surface area contributed by atoms with Crippen molar-refractivity contribution in [2.24, 2.45) is 0 Å². The van der Waals surface area contributed by atoms with Gasteiger partial charge in [0.2, 0.25) is 0 Å². The number of ether oxygens (including phenoxy) is 1. The summed E-state index contributed by atoms with van der Waals surface area (Å²) in [6.07, 6.45) is -2.60. The van der Waals surface area contributed by atoms with Crippen LogP contribution in [0.5, 0.6) is 0 Å². The summed E-state index contributed by atoms with van der Waals surface area (Å²) < 4.78 is 44.3. The molecule has 1 amide bonds. The molecule has 1 saturated heterocycles. The van der Waals surface area contributed by atoms with E-state index in [4.69, 9.17) is 12.2 Å². The number of nitrogens with one attached hydrogen (secondary N) is 2. The Labute approximate surface area is 233 Å². The first-order chi connectivity index (χ1) is 18.7. The Morgan fingerprint density at radius 1 is 1.15 bits per heavy atom. The van der Waals surface area contributed by atoms with Crippen LogP contribution in [-0.4, -0.2) is 53.6 Å². The molecular weight excluding hydrogens is 549 g/mol. The van der Waals surface area contributed by atoms with Crippen molar-refractivity contribution >= 4 is 46.2 Å². The fraction of sp³-hybridized carbons (Fsp3) is 0.333. The molecular formula is C27H27F3N4O3S2. The van der Waals surface area contributed by atoms with Gasteiger partial charge in [0.25, 0.3) is 5.91 Å². The van der Waals surface area contributed by atoms with E-state index in [0.29, 0.717) is 28.5 Å². The van der Waals surface area contributed by atoms with Gasteiger partial charge in [0.1, 0.15) is 5.69 Å². The van der Waals surface area contributed by atoms with Crippen molar-refractivity contribution in [1.29, 1.82) is 0 Å². The molecule has 0 aliphatic carbocycles. The van der Waals surface area contributed by atoms with Gasteiger partial charge in [-0.05, 0) is 48.8 Å². The molecule has 7 nitrogen and oxygen atoms in total. The molecule has 1 aromatic heterocycles. The van der Waals surface area contributed by atoms with E-state index in [1.165, 1.54) is 24.5 Å². The number of hydrogen-bond acceptors (Lipinski definition) is 6. The van der Waals surface area contributed by atoms with Crippen molar-refractivity contribution < 1.29 is 27.5 Å². The third kappa shape index (κ3) is 7.33. The molecule has 0 unspecified atom stereocenters. The van der Waals surface area contributed by atoms with Gasteiger partial charge in [0.05, 0.1) is 24.1 Å². The number of piperidine rings is 1. The van der Waals surface area contributed by atoms with Crippen LogP contribution in [0.15, 0.2) is 53.9 Å². The monoisotopic (exact) mass is 576 g/mol. The second-order valence-corrected chi connectivity index (χ2v) is 10.2. The van der Waals surface area contributed by atoms with Gasteiger partial charge in [-0.2, -0.15) is 13.2 Å². The van der Waals surface area contributed by atoms with Crippen LogP contribution in [0.3, 0.4) is 0 Å². The van der Waals surface area contributed by atoms with Gasteiger partial charge >= 0.3 is 12.1 Å². The quantitative estimate of drug-likeness (QED) is 0.276. The van der Waals surface area contributed by atoms with E-state index >= 15 is 0 Å². The summed E-state index contributed by atoms with van der Waals surface area (Å²) in [7, 11) is 1.35.